The van der Waals surface area contributed by atoms with Crippen LogP contribution in [0.5, 0.6) is 5.88 Å². The summed E-state index contributed by atoms with van der Waals surface area (Å²) >= 11 is 0. The number of aromatic nitrogens is 2. The number of ether oxygens (including phenoxy) is 1. The SMILES string of the molecule is CCOc1cncc(N(C)Cc2ccccc2N)n1. The van der Waals surface area contributed by atoms with Crippen LogP contribution in [0.25, 0.3) is 0 Å². The second-order valence-corrected chi connectivity index (χ2v) is 4.20. The molecule has 0 aliphatic rings. The summed E-state index contributed by atoms with van der Waals surface area (Å²) in [5.74, 6) is 1.29. The highest BCUT2D eigenvalue weighted by Gasteiger charge is 2.07. The molecule has 5 heteroatoms. The van der Waals surface area contributed by atoms with Gasteiger partial charge in [0.25, 0.3) is 0 Å². The Kier molecular flexibility index (Phi) is 4.18. The van der Waals surface area contributed by atoms with E-state index in [9.17, 15) is 0 Å². The zero-order valence-electron chi connectivity index (χ0n) is 11.2. The van der Waals surface area contributed by atoms with Gasteiger partial charge in [-0.25, -0.2) is 0 Å². The van der Waals surface area contributed by atoms with Crippen LogP contribution >= 0.6 is 0 Å². The lowest BCUT2D eigenvalue weighted by molar-refractivity contribution is 0.325. The van der Waals surface area contributed by atoms with Crippen molar-refractivity contribution in [2.45, 2.75) is 13.5 Å². The zero-order chi connectivity index (χ0) is 13.7. The molecule has 0 bridgehead atoms. The third-order valence-corrected chi connectivity index (χ3v) is 2.75. The minimum atomic E-state index is 0.535. The summed E-state index contributed by atoms with van der Waals surface area (Å²) in [7, 11) is 1.95. The van der Waals surface area contributed by atoms with Gasteiger partial charge in [0.1, 0.15) is 0 Å². The van der Waals surface area contributed by atoms with Crippen LogP contribution in [0.4, 0.5) is 11.5 Å². The minimum absolute atomic E-state index is 0.535. The standard InChI is InChI=1S/C14H18N4O/c1-3-19-14-9-16-8-13(17-14)18(2)10-11-6-4-5-7-12(11)15/h4-9H,3,10,15H2,1-2H3. The van der Waals surface area contributed by atoms with Gasteiger partial charge in [0.2, 0.25) is 5.88 Å². The molecule has 0 unspecified atom stereocenters. The van der Waals surface area contributed by atoms with E-state index in [1.54, 1.807) is 12.4 Å². The van der Waals surface area contributed by atoms with Crippen molar-refractivity contribution in [3.05, 3.63) is 42.2 Å². The van der Waals surface area contributed by atoms with Crippen molar-refractivity contribution in [2.75, 3.05) is 24.3 Å². The lowest BCUT2D eigenvalue weighted by atomic mass is 10.2. The van der Waals surface area contributed by atoms with Crippen LogP contribution in [-0.4, -0.2) is 23.6 Å². The van der Waals surface area contributed by atoms with Crippen LogP contribution in [0.3, 0.4) is 0 Å². The van der Waals surface area contributed by atoms with Crippen LogP contribution < -0.4 is 15.4 Å². The van der Waals surface area contributed by atoms with Gasteiger partial charge in [0.15, 0.2) is 5.82 Å². The van der Waals surface area contributed by atoms with Gasteiger partial charge in [-0.3, -0.25) is 4.98 Å². The molecule has 2 rings (SSSR count). The first-order valence-corrected chi connectivity index (χ1v) is 6.20. The fourth-order valence-corrected chi connectivity index (χ4v) is 1.75. The molecule has 1 aromatic carbocycles. The molecule has 0 saturated carbocycles. The van der Waals surface area contributed by atoms with Gasteiger partial charge in [-0.1, -0.05) is 18.2 Å². The summed E-state index contributed by atoms with van der Waals surface area (Å²) < 4.78 is 5.35. The van der Waals surface area contributed by atoms with Crippen LogP contribution in [0, 0.1) is 0 Å². The van der Waals surface area contributed by atoms with Crippen molar-refractivity contribution in [3.63, 3.8) is 0 Å². The number of nitrogen functional groups attached to an aromatic ring is 1. The van der Waals surface area contributed by atoms with Crippen LogP contribution in [0.1, 0.15) is 12.5 Å². The Bertz CT molecular complexity index is 544. The molecule has 0 spiro atoms. The van der Waals surface area contributed by atoms with E-state index in [0.717, 1.165) is 17.1 Å². The number of anilines is 2. The Morgan fingerprint density at radius 1 is 1.26 bits per heavy atom. The van der Waals surface area contributed by atoms with Gasteiger partial charge in [-0.05, 0) is 18.6 Å². The zero-order valence-corrected chi connectivity index (χ0v) is 11.2. The maximum Gasteiger partial charge on any atom is 0.234 e. The molecule has 5 nitrogen and oxygen atoms in total. The molecular formula is C14H18N4O. The number of nitrogens with two attached hydrogens (primary N) is 1. The second-order valence-electron chi connectivity index (χ2n) is 4.20. The molecule has 0 radical (unpaired) electrons. The van der Waals surface area contributed by atoms with Crippen molar-refractivity contribution in [2.24, 2.45) is 0 Å². The molecule has 0 fully saturated rings. The molecule has 1 heterocycles. The maximum absolute atomic E-state index is 5.94. The van der Waals surface area contributed by atoms with Crippen molar-refractivity contribution < 1.29 is 4.74 Å². The minimum Gasteiger partial charge on any atom is -0.477 e. The second kappa shape index (κ2) is 6.04. The van der Waals surface area contributed by atoms with Crippen molar-refractivity contribution in [1.82, 2.24) is 9.97 Å². The Morgan fingerprint density at radius 2 is 2.05 bits per heavy atom. The number of nitrogens with zero attached hydrogens (tertiary/aromatic N) is 3. The average Bonchev–Trinajstić information content (AvgIpc) is 2.42. The van der Waals surface area contributed by atoms with Crippen LogP contribution in [0.15, 0.2) is 36.7 Å². The first kappa shape index (κ1) is 13.1. The predicted octanol–water partition coefficient (Wildman–Crippen LogP) is 2.09. The fourth-order valence-electron chi connectivity index (χ4n) is 1.75. The molecule has 0 amide bonds. The molecule has 0 aliphatic heterocycles. The Balaban J connectivity index is 2.13. The van der Waals surface area contributed by atoms with E-state index in [-0.39, 0.29) is 0 Å². The predicted molar refractivity (Wildman–Crippen MR) is 76.2 cm³/mol. The number of rotatable bonds is 5. The van der Waals surface area contributed by atoms with Gasteiger partial charge in [0.05, 0.1) is 19.0 Å². The normalized spacial score (nSPS) is 10.2. The van der Waals surface area contributed by atoms with E-state index in [2.05, 4.69) is 9.97 Å². The van der Waals surface area contributed by atoms with E-state index in [0.29, 0.717) is 19.0 Å². The molecule has 0 saturated heterocycles. The maximum atomic E-state index is 5.94. The molecule has 2 aromatic rings. The van der Waals surface area contributed by atoms with E-state index in [4.69, 9.17) is 10.5 Å². The van der Waals surface area contributed by atoms with E-state index >= 15 is 0 Å². The highest BCUT2D eigenvalue weighted by atomic mass is 16.5. The van der Waals surface area contributed by atoms with Gasteiger partial charge >= 0.3 is 0 Å². The van der Waals surface area contributed by atoms with Gasteiger partial charge in [-0.15, -0.1) is 0 Å². The molecule has 0 aliphatic carbocycles. The Labute approximate surface area is 113 Å². The van der Waals surface area contributed by atoms with Crippen molar-refractivity contribution >= 4 is 11.5 Å². The van der Waals surface area contributed by atoms with E-state index < -0.39 is 0 Å². The molecule has 19 heavy (non-hydrogen) atoms. The Hall–Kier alpha value is -2.30. The number of para-hydroxylation sites is 1. The fraction of sp³-hybridized carbons (Fsp3) is 0.286. The summed E-state index contributed by atoms with van der Waals surface area (Å²) in [6.07, 6.45) is 3.32. The molecule has 100 valence electrons. The van der Waals surface area contributed by atoms with Gasteiger partial charge in [0, 0.05) is 19.3 Å². The monoisotopic (exact) mass is 258 g/mol. The summed E-state index contributed by atoms with van der Waals surface area (Å²) in [6.45, 7) is 3.17. The summed E-state index contributed by atoms with van der Waals surface area (Å²) in [5.41, 5.74) is 7.78. The first-order valence-electron chi connectivity index (χ1n) is 6.20. The summed E-state index contributed by atoms with van der Waals surface area (Å²) in [5, 5.41) is 0. The van der Waals surface area contributed by atoms with Crippen molar-refractivity contribution in [3.8, 4) is 5.88 Å². The lowest BCUT2D eigenvalue weighted by Crippen LogP contribution is -2.19. The molecule has 1 aromatic heterocycles. The topological polar surface area (TPSA) is 64.3 Å². The largest absolute Gasteiger partial charge is 0.477 e. The van der Waals surface area contributed by atoms with Crippen LogP contribution in [0.2, 0.25) is 0 Å². The van der Waals surface area contributed by atoms with Gasteiger partial charge in [-0.2, -0.15) is 4.98 Å². The third kappa shape index (κ3) is 3.34. The van der Waals surface area contributed by atoms with E-state index in [1.807, 2.05) is 43.1 Å². The Morgan fingerprint density at radius 3 is 2.79 bits per heavy atom. The van der Waals surface area contributed by atoms with Crippen molar-refractivity contribution in [1.29, 1.82) is 0 Å². The average molecular weight is 258 g/mol. The molecular weight excluding hydrogens is 240 g/mol. The molecule has 0 atom stereocenters. The van der Waals surface area contributed by atoms with Crippen LogP contribution in [-0.2, 0) is 6.54 Å². The summed E-state index contributed by atoms with van der Waals surface area (Å²) in [4.78, 5) is 10.5. The molecule has 2 N–H and O–H groups in total. The first-order chi connectivity index (χ1) is 9.20. The quantitative estimate of drug-likeness (QED) is 0.832. The third-order valence-electron chi connectivity index (χ3n) is 2.75. The number of hydrogen-bond acceptors (Lipinski definition) is 5. The lowest BCUT2D eigenvalue weighted by Gasteiger charge is -2.19. The highest BCUT2D eigenvalue weighted by Crippen LogP contribution is 2.18. The number of hydrogen-bond donors (Lipinski definition) is 1. The number of benzene rings is 1. The van der Waals surface area contributed by atoms with Gasteiger partial charge < -0.3 is 15.4 Å². The highest BCUT2D eigenvalue weighted by molar-refractivity contribution is 5.49. The van der Waals surface area contributed by atoms with E-state index in [1.165, 1.54) is 0 Å². The smallest absolute Gasteiger partial charge is 0.234 e. The summed E-state index contributed by atoms with van der Waals surface area (Å²) in [6, 6.07) is 7.80.